The second-order valence-corrected chi connectivity index (χ2v) is 5.76. The van der Waals surface area contributed by atoms with Crippen LogP contribution in [0.3, 0.4) is 0 Å². The van der Waals surface area contributed by atoms with Crippen molar-refractivity contribution in [3.05, 3.63) is 0 Å². The number of nitrogens with two attached hydrogens (primary N) is 1. The maximum atomic E-state index is 12.7. The summed E-state index contributed by atoms with van der Waals surface area (Å²) in [5.41, 5.74) is 5.51. The molecule has 1 rings (SSSR count). The molecule has 1 heterocycles. The third-order valence-electron chi connectivity index (χ3n) is 2.21. The number of alkyl halides is 2. The van der Waals surface area contributed by atoms with Gasteiger partial charge in [-0.3, -0.25) is 0 Å². The van der Waals surface area contributed by atoms with Gasteiger partial charge in [0.1, 0.15) is 0 Å². The van der Waals surface area contributed by atoms with Gasteiger partial charge in [-0.1, -0.05) is 0 Å². The summed E-state index contributed by atoms with van der Waals surface area (Å²) >= 11 is 0. The first-order chi connectivity index (χ1) is 6.25. The molecule has 0 unspecified atom stereocenters. The second kappa shape index (κ2) is 3.71. The Hall–Kier alpha value is -0.270. The molecule has 1 aliphatic heterocycles. The highest BCUT2D eigenvalue weighted by Crippen LogP contribution is 2.26. The fraction of sp³-hybridized carbons (Fsp3) is 1.00. The fourth-order valence-corrected chi connectivity index (χ4v) is 2.63. The van der Waals surface area contributed by atoms with Gasteiger partial charge in [0.2, 0.25) is 0 Å². The lowest BCUT2D eigenvalue weighted by molar-refractivity contribution is 0.102. The van der Waals surface area contributed by atoms with Crippen LogP contribution in [0.2, 0.25) is 0 Å². The zero-order valence-corrected chi connectivity index (χ0v) is 8.73. The second-order valence-electron chi connectivity index (χ2n) is 3.57. The molecule has 0 aromatic heterocycles. The first kappa shape index (κ1) is 11.8. The van der Waals surface area contributed by atoms with Crippen molar-refractivity contribution in [1.29, 1.82) is 0 Å². The minimum Gasteiger partial charge on any atom is -0.327 e. The molecule has 14 heavy (non-hydrogen) atoms. The number of nitrogens with zero attached hydrogens (tertiary/aromatic N) is 1. The van der Waals surface area contributed by atoms with Crippen LogP contribution < -0.4 is 5.73 Å². The van der Waals surface area contributed by atoms with E-state index in [1.807, 2.05) is 0 Å². The third kappa shape index (κ3) is 2.21. The van der Waals surface area contributed by atoms with Crippen molar-refractivity contribution < 1.29 is 17.2 Å². The molecule has 0 amide bonds. The average Bonchev–Trinajstić information content (AvgIpc) is 2.02. The van der Waals surface area contributed by atoms with Crippen LogP contribution in [0.25, 0.3) is 0 Å². The van der Waals surface area contributed by atoms with Gasteiger partial charge in [0, 0.05) is 26.1 Å². The summed E-state index contributed by atoms with van der Waals surface area (Å²) in [4.78, 5) is 0. The van der Waals surface area contributed by atoms with E-state index >= 15 is 0 Å². The van der Waals surface area contributed by atoms with Gasteiger partial charge in [-0.2, -0.15) is 13.1 Å². The van der Waals surface area contributed by atoms with E-state index in [0.717, 1.165) is 4.31 Å². The van der Waals surface area contributed by atoms with Gasteiger partial charge in [-0.15, -0.1) is 0 Å². The van der Waals surface area contributed by atoms with E-state index in [1.165, 1.54) is 0 Å². The number of sulfonamides is 1. The molecular weight excluding hydrogens is 214 g/mol. The maximum absolute atomic E-state index is 12.7. The van der Waals surface area contributed by atoms with Crippen LogP contribution in [-0.2, 0) is 10.0 Å². The summed E-state index contributed by atoms with van der Waals surface area (Å²) in [5, 5.41) is -3.72. The quantitative estimate of drug-likeness (QED) is 0.742. The molecule has 2 N–H and O–H groups in total. The molecule has 0 aromatic carbocycles. The van der Waals surface area contributed by atoms with Crippen LogP contribution in [-0.4, -0.2) is 37.1 Å². The van der Waals surface area contributed by atoms with Gasteiger partial charge >= 0.3 is 5.25 Å². The van der Waals surface area contributed by atoms with Crippen LogP contribution >= 0.6 is 0 Å². The Morgan fingerprint density at radius 3 is 2.50 bits per heavy atom. The Morgan fingerprint density at radius 1 is 1.50 bits per heavy atom. The molecule has 0 bridgehead atoms. The normalized spacial score (nSPS) is 26.4. The van der Waals surface area contributed by atoms with E-state index in [2.05, 4.69) is 0 Å². The van der Waals surface area contributed by atoms with Gasteiger partial charge in [-0.05, 0) is 12.8 Å². The Balaban J connectivity index is 2.83. The first-order valence-corrected chi connectivity index (χ1v) is 5.82. The number of rotatable bonds is 2. The molecule has 0 aromatic rings. The smallest absolute Gasteiger partial charge is 0.327 e. The molecule has 4 nitrogen and oxygen atoms in total. The third-order valence-corrected chi connectivity index (χ3v) is 4.13. The molecule has 0 saturated carbocycles. The van der Waals surface area contributed by atoms with Gasteiger partial charge < -0.3 is 5.73 Å². The van der Waals surface area contributed by atoms with Crippen molar-refractivity contribution in [2.45, 2.75) is 31.1 Å². The SMILES string of the molecule is CC(F)(F)S(=O)(=O)N1CCC[C@@H](N)C1. The summed E-state index contributed by atoms with van der Waals surface area (Å²) in [5.74, 6) is 0. The molecule has 84 valence electrons. The van der Waals surface area contributed by atoms with E-state index in [4.69, 9.17) is 5.73 Å². The summed E-state index contributed by atoms with van der Waals surface area (Å²) in [6.45, 7) is 0.522. The number of halogens is 2. The first-order valence-electron chi connectivity index (χ1n) is 4.38. The van der Waals surface area contributed by atoms with Crippen LogP contribution in [0, 0.1) is 0 Å². The van der Waals surface area contributed by atoms with E-state index in [1.54, 1.807) is 0 Å². The highest BCUT2D eigenvalue weighted by Gasteiger charge is 2.45. The largest absolute Gasteiger partial charge is 0.356 e. The van der Waals surface area contributed by atoms with Gasteiger partial charge in [0.15, 0.2) is 0 Å². The van der Waals surface area contributed by atoms with E-state index in [9.17, 15) is 17.2 Å². The zero-order valence-electron chi connectivity index (χ0n) is 7.91. The molecule has 0 radical (unpaired) electrons. The van der Waals surface area contributed by atoms with Crippen molar-refractivity contribution in [2.75, 3.05) is 13.1 Å². The monoisotopic (exact) mass is 228 g/mol. The summed E-state index contributed by atoms with van der Waals surface area (Å²) in [6.07, 6.45) is 1.22. The Bertz CT molecular complexity index is 299. The van der Waals surface area contributed by atoms with Gasteiger partial charge in [0.05, 0.1) is 0 Å². The molecule has 7 heteroatoms. The lowest BCUT2D eigenvalue weighted by atomic mass is 10.1. The summed E-state index contributed by atoms with van der Waals surface area (Å²) in [6, 6.07) is -0.333. The lowest BCUT2D eigenvalue weighted by Gasteiger charge is -2.31. The van der Waals surface area contributed by atoms with Gasteiger partial charge in [-0.25, -0.2) is 8.42 Å². The molecule has 1 atom stereocenters. The Labute approximate surface area is 82.1 Å². The van der Waals surface area contributed by atoms with Gasteiger partial charge in [0.25, 0.3) is 10.0 Å². The standard InChI is InChI=1S/C7H14F2N2O2S/c1-7(8,9)14(12,13)11-4-2-3-6(10)5-11/h6H,2-5,10H2,1H3/t6-/m1/s1. The molecule has 0 spiro atoms. The fourth-order valence-electron chi connectivity index (χ4n) is 1.42. The predicted octanol–water partition coefficient (Wildman–Crippen LogP) is 0.352. The Morgan fingerprint density at radius 2 is 2.07 bits per heavy atom. The van der Waals surface area contributed by atoms with Crippen LogP contribution in [0.1, 0.15) is 19.8 Å². The molecular formula is C7H14F2N2O2S. The minimum atomic E-state index is -4.51. The average molecular weight is 228 g/mol. The van der Waals surface area contributed by atoms with E-state index in [0.29, 0.717) is 19.8 Å². The number of hydrogen-bond acceptors (Lipinski definition) is 3. The highest BCUT2D eigenvalue weighted by atomic mass is 32.2. The van der Waals surface area contributed by atoms with E-state index in [-0.39, 0.29) is 19.1 Å². The van der Waals surface area contributed by atoms with Crippen molar-refractivity contribution in [3.8, 4) is 0 Å². The highest BCUT2D eigenvalue weighted by molar-refractivity contribution is 7.90. The zero-order chi connectivity index (χ0) is 11.0. The molecule has 1 saturated heterocycles. The van der Waals surface area contributed by atoms with Crippen LogP contribution in [0.5, 0.6) is 0 Å². The number of piperidine rings is 1. The summed E-state index contributed by atoms with van der Waals surface area (Å²) in [7, 11) is -4.51. The lowest BCUT2D eigenvalue weighted by Crippen LogP contribution is -2.50. The van der Waals surface area contributed by atoms with Crippen LogP contribution in [0.4, 0.5) is 8.78 Å². The summed E-state index contributed by atoms with van der Waals surface area (Å²) < 4.78 is 48.8. The topological polar surface area (TPSA) is 63.4 Å². The van der Waals surface area contributed by atoms with Crippen molar-refractivity contribution in [1.82, 2.24) is 4.31 Å². The minimum absolute atomic E-state index is 0.00817. The Kier molecular flexibility index (Phi) is 3.13. The van der Waals surface area contributed by atoms with Crippen LogP contribution in [0.15, 0.2) is 0 Å². The number of hydrogen-bond donors (Lipinski definition) is 1. The maximum Gasteiger partial charge on any atom is 0.356 e. The molecule has 1 fully saturated rings. The van der Waals surface area contributed by atoms with Crippen molar-refractivity contribution in [2.24, 2.45) is 5.73 Å². The van der Waals surface area contributed by atoms with E-state index < -0.39 is 15.3 Å². The molecule has 0 aliphatic carbocycles. The molecule has 1 aliphatic rings. The van der Waals surface area contributed by atoms with Crippen molar-refractivity contribution >= 4 is 10.0 Å². The van der Waals surface area contributed by atoms with Crippen molar-refractivity contribution in [3.63, 3.8) is 0 Å². The predicted molar refractivity (Wildman–Crippen MR) is 48.3 cm³/mol.